The first-order chi connectivity index (χ1) is 9.85. The monoisotopic (exact) mass is 366 g/mol. The van der Waals surface area contributed by atoms with Crippen LogP contribution in [0.5, 0.6) is 5.75 Å². The van der Waals surface area contributed by atoms with Crippen molar-refractivity contribution in [1.82, 2.24) is 4.37 Å². The number of carbonyl (C=O) groups is 1. The van der Waals surface area contributed by atoms with Gasteiger partial charge in [0.25, 0.3) is 5.91 Å². The maximum absolute atomic E-state index is 12.8. The van der Waals surface area contributed by atoms with Crippen molar-refractivity contribution < 1.29 is 9.53 Å². The molecule has 110 valence electrons. The minimum absolute atomic E-state index is 0.0840. The fourth-order valence-electron chi connectivity index (χ4n) is 2.38. The van der Waals surface area contributed by atoms with Gasteiger partial charge in [-0.05, 0) is 56.6 Å². The van der Waals surface area contributed by atoms with Crippen LogP contribution in [0, 0.1) is 6.92 Å². The molecule has 0 saturated heterocycles. The second-order valence-electron chi connectivity index (χ2n) is 5.69. The number of hydrogen-bond donors (Lipinski definition) is 0. The molecule has 3 rings (SSSR count). The molecule has 0 bridgehead atoms. The average molecular weight is 367 g/mol. The molecular weight excluding hydrogens is 352 g/mol. The van der Waals surface area contributed by atoms with Crippen molar-refractivity contribution >= 4 is 39.1 Å². The summed E-state index contributed by atoms with van der Waals surface area (Å²) in [6.07, 6.45) is 0. The second-order valence-corrected chi connectivity index (χ2v) is 7.61. The first kappa shape index (κ1) is 14.5. The molecule has 0 aliphatic carbocycles. The number of amides is 1. The minimum Gasteiger partial charge on any atom is -0.484 e. The highest BCUT2D eigenvalue weighted by molar-refractivity contribution is 9.10. The summed E-state index contributed by atoms with van der Waals surface area (Å²) in [7, 11) is 0. The van der Waals surface area contributed by atoms with Crippen molar-refractivity contribution in [2.24, 2.45) is 0 Å². The second kappa shape index (κ2) is 5.10. The molecular formula is C15H15BrN2O2S. The summed E-state index contributed by atoms with van der Waals surface area (Å²) < 4.78 is 11.1. The van der Waals surface area contributed by atoms with E-state index in [2.05, 4.69) is 20.3 Å². The molecule has 21 heavy (non-hydrogen) atoms. The van der Waals surface area contributed by atoms with Gasteiger partial charge in [0.15, 0.2) is 0 Å². The Balaban J connectivity index is 2.04. The molecule has 4 nitrogen and oxygen atoms in total. The van der Waals surface area contributed by atoms with Gasteiger partial charge in [0, 0.05) is 9.35 Å². The van der Waals surface area contributed by atoms with Gasteiger partial charge in [0.2, 0.25) is 0 Å². The third-order valence-electron chi connectivity index (χ3n) is 3.23. The molecule has 0 spiro atoms. The van der Waals surface area contributed by atoms with Crippen molar-refractivity contribution in [3.8, 4) is 5.75 Å². The number of rotatable bonds is 1. The smallest absolute Gasteiger partial charge is 0.278 e. The van der Waals surface area contributed by atoms with Gasteiger partial charge in [0.05, 0.1) is 12.2 Å². The summed E-state index contributed by atoms with van der Waals surface area (Å²) in [5.74, 6) is 0.625. The van der Waals surface area contributed by atoms with E-state index in [1.165, 1.54) is 11.5 Å². The van der Waals surface area contributed by atoms with E-state index >= 15 is 0 Å². The predicted octanol–water partition coefficient (Wildman–Crippen LogP) is 4.03. The van der Waals surface area contributed by atoms with Crippen LogP contribution in [-0.4, -0.2) is 22.4 Å². The van der Waals surface area contributed by atoms with Gasteiger partial charge in [-0.1, -0.05) is 15.9 Å². The van der Waals surface area contributed by atoms with Crippen molar-refractivity contribution in [1.29, 1.82) is 0 Å². The van der Waals surface area contributed by atoms with E-state index < -0.39 is 5.60 Å². The van der Waals surface area contributed by atoms with Gasteiger partial charge in [-0.2, -0.15) is 4.37 Å². The molecule has 1 amide bonds. The Morgan fingerprint density at radius 1 is 1.43 bits per heavy atom. The molecule has 6 heteroatoms. The zero-order chi connectivity index (χ0) is 15.2. The standard InChI is InChI=1S/C15H15BrN2O2S/c1-9-6-11(17-21-9)14(19)18-8-15(2,3)20-13-7-10(16)4-5-12(13)18/h4-7H,8H2,1-3H3. The number of aryl methyl sites for hydroxylation is 1. The van der Waals surface area contributed by atoms with Gasteiger partial charge < -0.3 is 4.74 Å². The van der Waals surface area contributed by atoms with Crippen molar-refractivity contribution in [2.75, 3.05) is 11.4 Å². The van der Waals surface area contributed by atoms with Gasteiger partial charge in [-0.15, -0.1) is 0 Å². The average Bonchev–Trinajstić information content (AvgIpc) is 2.82. The Morgan fingerprint density at radius 2 is 2.19 bits per heavy atom. The highest BCUT2D eigenvalue weighted by atomic mass is 79.9. The van der Waals surface area contributed by atoms with E-state index in [1.54, 1.807) is 4.90 Å². The van der Waals surface area contributed by atoms with Crippen LogP contribution in [0.25, 0.3) is 0 Å². The lowest BCUT2D eigenvalue weighted by atomic mass is 10.0. The van der Waals surface area contributed by atoms with Crippen LogP contribution in [-0.2, 0) is 0 Å². The Kier molecular flexibility index (Phi) is 3.53. The lowest BCUT2D eigenvalue weighted by molar-refractivity contribution is 0.0833. The van der Waals surface area contributed by atoms with E-state index in [-0.39, 0.29) is 5.91 Å². The van der Waals surface area contributed by atoms with Gasteiger partial charge in [-0.25, -0.2) is 0 Å². The van der Waals surface area contributed by atoms with E-state index in [9.17, 15) is 4.79 Å². The van der Waals surface area contributed by atoms with Crippen molar-refractivity contribution in [3.05, 3.63) is 39.3 Å². The number of aromatic nitrogens is 1. The van der Waals surface area contributed by atoms with E-state index in [4.69, 9.17) is 4.74 Å². The van der Waals surface area contributed by atoms with Crippen LogP contribution < -0.4 is 9.64 Å². The number of nitrogens with zero attached hydrogens (tertiary/aromatic N) is 2. The Labute approximate surface area is 136 Å². The fourth-order valence-corrected chi connectivity index (χ4v) is 3.25. The first-order valence-corrected chi connectivity index (χ1v) is 8.16. The molecule has 2 aromatic rings. The van der Waals surface area contributed by atoms with E-state index in [1.807, 2.05) is 45.0 Å². The molecule has 0 fully saturated rings. The van der Waals surface area contributed by atoms with E-state index in [0.29, 0.717) is 18.0 Å². The SMILES string of the molecule is Cc1cc(C(=O)N2CC(C)(C)Oc3cc(Br)ccc32)ns1. The zero-order valence-electron chi connectivity index (χ0n) is 12.0. The fraction of sp³-hybridized carbons (Fsp3) is 0.333. The quantitative estimate of drug-likeness (QED) is 0.764. The number of benzene rings is 1. The highest BCUT2D eigenvalue weighted by Gasteiger charge is 2.35. The molecule has 0 radical (unpaired) electrons. The maximum atomic E-state index is 12.8. The number of fused-ring (bicyclic) bond motifs is 1. The molecule has 0 atom stereocenters. The third kappa shape index (κ3) is 2.82. The molecule has 1 aromatic carbocycles. The first-order valence-electron chi connectivity index (χ1n) is 6.59. The number of ether oxygens (including phenoxy) is 1. The molecule has 2 heterocycles. The van der Waals surface area contributed by atoms with Crippen LogP contribution in [0.1, 0.15) is 29.2 Å². The summed E-state index contributed by atoms with van der Waals surface area (Å²) >= 11 is 4.78. The summed E-state index contributed by atoms with van der Waals surface area (Å²) in [5.41, 5.74) is 0.839. The summed E-state index contributed by atoms with van der Waals surface area (Å²) in [6, 6.07) is 7.52. The van der Waals surface area contributed by atoms with Crippen LogP contribution in [0.4, 0.5) is 5.69 Å². The normalized spacial score (nSPS) is 16.3. The molecule has 0 N–H and O–H groups in total. The molecule has 1 aliphatic heterocycles. The summed E-state index contributed by atoms with van der Waals surface area (Å²) in [5, 5.41) is 0. The Hall–Kier alpha value is -1.40. The molecule has 0 saturated carbocycles. The lowest BCUT2D eigenvalue weighted by Crippen LogP contribution is -2.49. The van der Waals surface area contributed by atoms with Crippen LogP contribution in [0.2, 0.25) is 0 Å². The lowest BCUT2D eigenvalue weighted by Gasteiger charge is -2.39. The van der Waals surface area contributed by atoms with Crippen molar-refractivity contribution in [3.63, 3.8) is 0 Å². The number of carbonyl (C=O) groups excluding carboxylic acids is 1. The Bertz CT molecular complexity index is 711. The largest absolute Gasteiger partial charge is 0.484 e. The summed E-state index contributed by atoms with van der Waals surface area (Å²) in [6.45, 7) is 6.40. The number of halogens is 1. The van der Waals surface area contributed by atoms with E-state index in [0.717, 1.165) is 15.0 Å². The minimum atomic E-state index is -0.436. The maximum Gasteiger partial charge on any atom is 0.278 e. The number of hydrogen-bond acceptors (Lipinski definition) is 4. The molecule has 1 aliphatic rings. The molecule has 0 unspecified atom stereocenters. The van der Waals surface area contributed by atoms with Crippen LogP contribution in [0.15, 0.2) is 28.7 Å². The topological polar surface area (TPSA) is 42.4 Å². The number of anilines is 1. The van der Waals surface area contributed by atoms with Gasteiger partial charge in [-0.3, -0.25) is 9.69 Å². The van der Waals surface area contributed by atoms with Gasteiger partial charge in [0.1, 0.15) is 17.0 Å². The highest BCUT2D eigenvalue weighted by Crippen LogP contribution is 2.39. The third-order valence-corrected chi connectivity index (χ3v) is 4.42. The van der Waals surface area contributed by atoms with Crippen LogP contribution >= 0.6 is 27.5 Å². The predicted molar refractivity (Wildman–Crippen MR) is 87.4 cm³/mol. The van der Waals surface area contributed by atoms with Crippen LogP contribution in [0.3, 0.4) is 0 Å². The summed E-state index contributed by atoms with van der Waals surface area (Å²) in [4.78, 5) is 15.5. The molecule has 1 aromatic heterocycles. The zero-order valence-corrected chi connectivity index (χ0v) is 14.4. The van der Waals surface area contributed by atoms with Gasteiger partial charge >= 0.3 is 0 Å². The Morgan fingerprint density at radius 3 is 2.86 bits per heavy atom. The van der Waals surface area contributed by atoms with Crippen molar-refractivity contribution in [2.45, 2.75) is 26.4 Å².